The second kappa shape index (κ2) is 9.90. The molecule has 1 aliphatic rings. The zero-order valence-electron chi connectivity index (χ0n) is 20.2. The van der Waals surface area contributed by atoms with Crippen LogP contribution >= 0.6 is 23.2 Å². The minimum Gasteiger partial charge on any atom is -0.423 e. The number of pyridine rings is 1. The third kappa shape index (κ3) is 5.12. The summed E-state index contributed by atoms with van der Waals surface area (Å²) >= 11 is 12.2. The van der Waals surface area contributed by atoms with Crippen LogP contribution in [-0.2, 0) is 16.6 Å². The first kappa shape index (κ1) is 26.5. The molecule has 0 unspecified atom stereocenters. The first-order valence-electron chi connectivity index (χ1n) is 11.7. The molecule has 2 aromatic heterocycles. The van der Waals surface area contributed by atoms with Crippen molar-refractivity contribution in [3.05, 3.63) is 81.5 Å². The van der Waals surface area contributed by atoms with E-state index in [0.29, 0.717) is 33.0 Å². The Balaban J connectivity index is 1.68. The van der Waals surface area contributed by atoms with Crippen molar-refractivity contribution in [3.63, 3.8) is 0 Å². The smallest absolute Gasteiger partial charge is 0.423 e. The van der Waals surface area contributed by atoms with E-state index in [2.05, 4.69) is 5.10 Å². The van der Waals surface area contributed by atoms with Gasteiger partial charge in [0, 0.05) is 21.1 Å². The maximum absolute atomic E-state index is 13.1. The summed E-state index contributed by atoms with van der Waals surface area (Å²) in [4.78, 5) is 12.5. The van der Waals surface area contributed by atoms with Crippen LogP contribution < -0.4 is 15.5 Å². The van der Waals surface area contributed by atoms with Crippen molar-refractivity contribution >= 4 is 62.9 Å². The Labute approximate surface area is 229 Å². The molecule has 2 heterocycles. The maximum Gasteiger partial charge on any atom is 0.489 e. The summed E-state index contributed by atoms with van der Waals surface area (Å²) in [7, 11) is -5.53. The van der Waals surface area contributed by atoms with E-state index in [-0.39, 0.29) is 28.5 Å². The van der Waals surface area contributed by atoms with Gasteiger partial charge in [-0.15, -0.1) is 0 Å². The topological polar surface area (TPSA) is 138 Å². The Kier molecular flexibility index (Phi) is 6.91. The van der Waals surface area contributed by atoms with Gasteiger partial charge in [0.15, 0.2) is 0 Å². The van der Waals surface area contributed by atoms with Crippen LogP contribution in [0.15, 0.2) is 54.7 Å². The Morgan fingerprint density at radius 2 is 1.84 bits per heavy atom. The van der Waals surface area contributed by atoms with Crippen molar-refractivity contribution in [2.75, 3.05) is 10.6 Å². The van der Waals surface area contributed by atoms with Gasteiger partial charge in [-0.3, -0.25) is 9.10 Å². The van der Waals surface area contributed by atoms with Gasteiger partial charge in [-0.05, 0) is 54.2 Å². The highest BCUT2D eigenvalue weighted by Crippen LogP contribution is 2.46. The lowest BCUT2D eigenvalue weighted by atomic mass is 9.80. The van der Waals surface area contributed by atoms with E-state index in [4.69, 9.17) is 28.9 Å². The molecule has 1 saturated carbocycles. The molecule has 0 aliphatic heterocycles. The molecule has 9 nitrogen and oxygen atoms in total. The highest BCUT2D eigenvalue weighted by molar-refractivity contribution is 7.92. The molecule has 196 valence electrons. The number of hydrogen-bond acceptors (Lipinski definition) is 6. The van der Waals surface area contributed by atoms with E-state index in [1.54, 1.807) is 42.6 Å². The lowest BCUT2D eigenvalue weighted by Crippen LogP contribution is -2.32. The number of halogens is 2. The number of amides is 1. The van der Waals surface area contributed by atoms with Gasteiger partial charge in [-0.1, -0.05) is 47.5 Å². The number of hydrogen-bond donors (Lipinski definition) is 3. The Morgan fingerprint density at radius 3 is 2.39 bits per heavy atom. The number of primary amides is 1. The number of sulfonamides is 1. The number of anilines is 1. The fourth-order valence-corrected chi connectivity index (χ4v) is 5.82. The highest BCUT2D eigenvalue weighted by atomic mass is 35.5. The van der Waals surface area contributed by atoms with Crippen LogP contribution in [0.2, 0.25) is 10.0 Å². The number of benzene rings is 2. The van der Waals surface area contributed by atoms with Crippen LogP contribution in [0.3, 0.4) is 0 Å². The molecule has 1 fully saturated rings. The number of nitrogens with zero attached hydrogens (tertiary/aromatic N) is 3. The molecule has 4 aromatic rings. The van der Waals surface area contributed by atoms with E-state index in [9.17, 15) is 23.3 Å². The van der Waals surface area contributed by atoms with Crippen LogP contribution in [0, 0.1) is 0 Å². The van der Waals surface area contributed by atoms with Crippen molar-refractivity contribution in [1.82, 2.24) is 9.61 Å². The molecule has 13 heteroatoms. The van der Waals surface area contributed by atoms with Gasteiger partial charge < -0.3 is 15.8 Å². The van der Waals surface area contributed by atoms with Crippen molar-refractivity contribution in [2.24, 2.45) is 5.73 Å². The van der Waals surface area contributed by atoms with Gasteiger partial charge in [0.2, 0.25) is 10.0 Å². The average Bonchev–Trinajstić information content (AvgIpc) is 3.61. The first-order valence-corrected chi connectivity index (χ1v) is 14.3. The Hall–Kier alpha value is -3.09. The summed E-state index contributed by atoms with van der Waals surface area (Å²) in [6.45, 7) is -0.0560. The second-order valence-corrected chi connectivity index (χ2v) is 12.1. The molecule has 38 heavy (non-hydrogen) atoms. The van der Waals surface area contributed by atoms with E-state index in [1.807, 2.05) is 0 Å². The number of nitrogens with two attached hydrogens (primary N) is 1. The molecule has 4 N–H and O–H groups in total. The Morgan fingerprint density at radius 1 is 1.16 bits per heavy atom. The third-order valence-electron chi connectivity index (χ3n) is 6.50. The molecule has 0 atom stereocenters. The van der Waals surface area contributed by atoms with E-state index < -0.39 is 23.0 Å². The molecule has 0 bridgehead atoms. The summed E-state index contributed by atoms with van der Waals surface area (Å²) < 4.78 is 28.8. The Bertz CT molecular complexity index is 1670. The number of aromatic nitrogens is 2. The van der Waals surface area contributed by atoms with Gasteiger partial charge in [-0.2, -0.15) is 5.10 Å². The minimum atomic E-state index is -3.78. The van der Waals surface area contributed by atoms with Crippen molar-refractivity contribution in [1.29, 1.82) is 0 Å². The third-order valence-corrected chi connectivity index (χ3v) is 8.21. The van der Waals surface area contributed by atoms with Crippen molar-refractivity contribution in [2.45, 2.75) is 25.3 Å². The van der Waals surface area contributed by atoms with Crippen LogP contribution in [0.25, 0.3) is 16.8 Å². The van der Waals surface area contributed by atoms with Crippen LogP contribution in [0.1, 0.15) is 40.2 Å². The van der Waals surface area contributed by atoms with E-state index in [1.165, 1.54) is 21.0 Å². The number of fused-ring (bicyclic) bond motifs is 1. The van der Waals surface area contributed by atoms with Gasteiger partial charge in [0.25, 0.3) is 5.91 Å². The average molecular weight is 573 g/mol. The summed E-state index contributed by atoms with van der Waals surface area (Å²) in [5, 5.41) is 24.2. The molecule has 1 aliphatic carbocycles. The fourth-order valence-electron chi connectivity index (χ4n) is 4.50. The lowest BCUT2D eigenvalue weighted by Gasteiger charge is -2.25. The molecule has 5 rings (SSSR count). The SMILES string of the molecule is CS(=O)(=O)N(Cc1ccc(B(O)O)c(Cl)c1)c1cn2nc(-c3ccc(Cl)cc3)c(C(N)=O)c2cc1C1CC1. The predicted octanol–water partition coefficient (Wildman–Crippen LogP) is 2.93. The number of carbonyl (C=O) groups excluding carboxylic acids is 1. The quantitative estimate of drug-likeness (QED) is 0.277. The molecule has 0 radical (unpaired) electrons. The largest absolute Gasteiger partial charge is 0.489 e. The summed E-state index contributed by atoms with van der Waals surface area (Å²) in [6.07, 6.45) is 4.46. The molecular formula is C25H23BCl2N4O5S. The summed E-state index contributed by atoms with van der Waals surface area (Å²) in [5.41, 5.74) is 9.35. The van der Waals surface area contributed by atoms with Gasteiger partial charge in [0.05, 0.1) is 35.8 Å². The number of rotatable bonds is 8. The fraction of sp³-hybridized carbons (Fsp3) is 0.200. The molecule has 1 amide bonds. The highest BCUT2D eigenvalue weighted by Gasteiger charge is 2.33. The molecule has 0 spiro atoms. The standard InChI is InChI=1S/C25H23BCl2N4O5S/c1-38(36,37)32(12-14-2-9-19(26(34)35)20(28)10-14)22-13-31-21(11-18(22)15-3-4-15)23(25(29)33)24(30-31)16-5-7-17(27)8-6-16/h2,5-11,13,15,34-35H,3-4,12H2,1H3,(H2,29,33). The van der Waals surface area contributed by atoms with Gasteiger partial charge in [-0.25, -0.2) is 12.9 Å². The molecular weight excluding hydrogens is 550 g/mol. The number of carbonyl (C=O) groups is 1. The van der Waals surface area contributed by atoms with Gasteiger partial charge in [0.1, 0.15) is 5.69 Å². The maximum atomic E-state index is 13.1. The summed E-state index contributed by atoms with van der Waals surface area (Å²) in [6, 6.07) is 13.2. The van der Waals surface area contributed by atoms with Crippen molar-refractivity contribution < 1.29 is 23.3 Å². The lowest BCUT2D eigenvalue weighted by molar-refractivity contribution is 0.100. The van der Waals surface area contributed by atoms with Crippen molar-refractivity contribution in [3.8, 4) is 11.3 Å². The molecule has 2 aromatic carbocycles. The van der Waals surface area contributed by atoms with Crippen LogP contribution in [0.5, 0.6) is 0 Å². The monoisotopic (exact) mass is 572 g/mol. The summed E-state index contributed by atoms with van der Waals surface area (Å²) in [5.74, 6) is -0.537. The zero-order valence-corrected chi connectivity index (χ0v) is 22.5. The van der Waals surface area contributed by atoms with Crippen LogP contribution in [0.4, 0.5) is 5.69 Å². The predicted molar refractivity (Wildman–Crippen MR) is 148 cm³/mol. The normalized spacial score (nSPS) is 13.6. The molecule has 0 saturated heterocycles. The first-order chi connectivity index (χ1) is 17.9. The zero-order chi connectivity index (χ0) is 27.4. The van der Waals surface area contributed by atoms with E-state index >= 15 is 0 Å². The van der Waals surface area contributed by atoms with Gasteiger partial charge >= 0.3 is 7.12 Å². The second-order valence-electron chi connectivity index (χ2n) is 9.31. The minimum absolute atomic E-state index is 0.0560. The van der Waals surface area contributed by atoms with Crippen LogP contribution in [-0.4, -0.2) is 47.4 Å². The van der Waals surface area contributed by atoms with E-state index in [0.717, 1.165) is 24.7 Å².